The van der Waals surface area contributed by atoms with Crippen molar-refractivity contribution in [2.24, 2.45) is 0 Å². The number of hydrogen-bond acceptors (Lipinski definition) is 2. The molecule has 1 aromatic carbocycles. The molecule has 0 spiro atoms. The molecule has 2 nitrogen and oxygen atoms in total. The number of pyridine rings is 1. The van der Waals surface area contributed by atoms with Gasteiger partial charge in [0.25, 0.3) is 0 Å². The lowest BCUT2D eigenvalue weighted by atomic mass is 10.2. The Morgan fingerprint density at radius 3 is 2.89 bits per heavy atom. The molecule has 0 aliphatic rings. The second kappa shape index (κ2) is 5.04. The number of hydrogen-bond donors (Lipinski definition) is 0. The van der Waals surface area contributed by atoms with E-state index in [4.69, 9.17) is 11.6 Å². The van der Waals surface area contributed by atoms with Crippen LogP contribution in [0.5, 0.6) is 0 Å². The van der Waals surface area contributed by atoms with Crippen LogP contribution in [0, 0.1) is 0 Å². The third-order valence-electron chi connectivity index (χ3n) is 2.66. The molecule has 3 aromatic rings. The smallest absolute Gasteiger partial charge is 0.150 e. The van der Waals surface area contributed by atoms with Gasteiger partial charge >= 0.3 is 0 Å². The Hall–Kier alpha value is -1.45. The molecule has 0 aliphatic carbocycles. The molecule has 0 unspecified atom stereocenters. The Balaban J connectivity index is 1.88. The molecular formula is C14H11ClN2S. The standard InChI is InChI=1S/C14H11ClN2S/c15-12-8-13(14-16-6-7-17(14)9-12)18-10-11-4-2-1-3-5-11/h1-9H,10H2. The van der Waals surface area contributed by atoms with E-state index in [1.165, 1.54) is 5.56 Å². The van der Waals surface area contributed by atoms with Gasteiger partial charge in [0, 0.05) is 24.3 Å². The van der Waals surface area contributed by atoms with Gasteiger partial charge in [0.05, 0.1) is 9.92 Å². The average Bonchev–Trinajstić information content (AvgIpc) is 2.85. The van der Waals surface area contributed by atoms with Gasteiger partial charge in [0.15, 0.2) is 0 Å². The fourth-order valence-corrected chi connectivity index (χ4v) is 3.10. The van der Waals surface area contributed by atoms with Crippen molar-refractivity contribution in [2.45, 2.75) is 10.6 Å². The Kier molecular flexibility index (Phi) is 3.26. The van der Waals surface area contributed by atoms with Crippen molar-refractivity contribution in [3.8, 4) is 0 Å². The SMILES string of the molecule is Clc1cc(SCc2ccccc2)c2nccn2c1. The van der Waals surface area contributed by atoms with E-state index >= 15 is 0 Å². The van der Waals surface area contributed by atoms with E-state index in [0.717, 1.165) is 21.3 Å². The quantitative estimate of drug-likeness (QED) is 0.663. The summed E-state index contributed by atoms with van der Waals surface area (Å²) in [7, 11) is 0. The van der Waals surface area contributed by atoms with Gasteiger partial charge in [-0.15, -0.1) is 11.8 Å². The van der Waals surface area contributed by atoms with Gasteiger partial charge in [-0.3, -0.25) is 0 Å². The summed E-state index contributed by atoms with van der Waals surface area (Å²) in [4.78, 5) is 5.46. The topological polar surface area (TPSA) is 17.3 Å². The van der Waals surface area contributed by atoms with Crippen LogP contribution in [0.25, 0.3) is 5.65 Å². The molecule has 0 N–H and O–H groups in total. The number of nitrogens with zero attached hydrogens (tertiary/aromatic N) is 2. The third-order valence-corrected chi connectivity index (χ3v) is 3.95. The maximum absolute atomic E-state index is 6.10. The lowest BCUT2D eigenvalue weighted by Crippen LogP contribution is -1.87. The summed E-state index contributed by atoms with van der Waals surface area (Å²) in [5.74, 6) is 0.920. The van der Waals surface area contributed by atoms with Crippen LogP contribution in [0.2, 0.25) is 5.02 Å². The molecule has 18 heavy (non-hydrogen) atoms. The number of fused-ring (bicyclic) bond motifs is 1. The Morgan fingerprint density at radius 2 is 2.06 bits per heavy atom. The third kappa shape index (κ3) is 2.37. The lowest BCUT2D eigenvalue weighted by molar-refractivity contribution is 1.14. The molecule has 0 atom stereocenters. The van der Waals surface area contributed by atoms with Gasteiger partial charge in [0.2, 0.25) is 0 Å². The number of benzene rings is 1. The summed E-state index contributed by atoms with van der Waals surface area (Å²) in [6.45, 7) is 0. The van der Waals surface area contributed by atoms with Crippen molar-refractivity contribution in [3.63, 3.8) is 0 Å². The van der Waals surface area contributed by atoms with E-state index in [1.54, 1.807) is 18.0 Å². The zero-order chi connectivity index (χ0) is 12.4. The molecule has 4 heteroatoms. The molecule has 0 fully saturated rings. The first-order chi connectivity index (χ1) is 8.83. The molecular weight excluding hydrogens is 264 g/mol. The summed E-state index contributed by atoms with van der Waals surface area (Å²) in [6.07, 6.45) is 5.57. The van der Waals surface area contributed by atoms with Gasteiger partial charge in [-0.25, -0.2) is 4.98 Å². The fraction of sp³-hybridized carbons (Fsp3) is 0.0714. The van der Waals surface area contributed by atoms with Crippen LogP contribution in [0.1, 0.15) is 5.56 Å². The van der Waals surface area contributed by atoms with E-state index in [9.17, 15) is 0 Å². The largest absolute Gasteiger partial charge is 0.305 e. The summed E-state index contributed by atoms with van der Waals surface area (Å²) in [5.41, 5.74) is 2.26. The zero-order valence-corrected chi connectivity index (χ0v) is 11.2. The minimum absolute atomic E-state index is 0.732. The Bertz CT molecular complexity index is 664. The zero-order valence-electron chi connectivity index (χ0n) is 9.58. The van der Waals surface area contributed by atoms with E-state index < -0.39 is 0 Å². The van der Waals surface area contributed by atoms with Gasteiger partial charge in [-0.05, 0) is 11.6 Å². The molecule has 0 aliphatic heterocycles. The molecule has 0 saturated heterocycles. The Morgan fingerprint density at radius 1 is 1.22 bits per heavy atom. The highest BCUT2D eigenvalue weighted by Crippen LogP contribution is 2.28. The number of aromatic nitrogens is 2. The number of thioether (sulfide) groups is 1. The molecule has 2 aromatic heterocycles. The normalized spacial score (nSPS) is 10.9. The highest BCUT2D eigenvalue weighted by molar-refractivity contribution is 7.98. The first-order valence-electron chi connectivity index (χ1n) is 5.62. The van der Waals surface area contributed by atoms with E-state index in [1.807, 2.05) is 28.9 Å². The van der Waals surface area contributed by atoms with Crippen LogP contribution in [0.3, 0.4) is 0 Å². The fourth-order valence-electron chi connectivity index (χ4n) is 1.81. The molecule has 3 rings (SSSR count). The van der Waals surface area contributed by atoms with Crippen LogP contribution in [0.15, 0.2) is 59.9 Å². The first kappa shape index (κ1) is 11.6. The minimum atomic E-state index is 0.732. The minimum Gasteiger partial charge on any atom is -0.305 e. The highest BCUT2D eigenvalue weighted by Gasteiger charge is 2.05. The molecule has 0 amide bonds. The number of imidazole rings is 1. The summed E-state index contributed by atoms with van der Waals surface area (Å²) in [6, 6.07) is 12.4. The molecule has 2 heterocycles. The monoisotopic (exact) mass is 274 g/mol. The van der Waals surface area contributed by atoms with Gasteiger partial charge in [-0.2, -0.15) is 0 Å². The maximum Gasteiger partial charge on any atom is 0.150 e. The van der Waals surface area contributed by atoms with Crippen LogP contribution in [-0.2, 0) is 5.75 Å². The first-order valence-corrected chi connectivity index (χ1v) is 6.98. The molecule has 0 saturated carbocycles. The van der Waals surface area contributed by atoms with Crippen LogP contribution in [0.4, 0.5) is 0 Å². The highest BCUT2D eigenvalue weighted by atomic mass is 35.5. The van der Waals surface area contributed by atoms with Crippen molar-refractivity contribution in [3.05, 3.63) is 65.6 Å². The summed E-state index contributed by atoms with van der Waals surface area (Å²) < 4.78 is 1.95. The van der Waals surface area contributed by atoms with Gasteiger partial charge in [-0.1, -0.05) is 41.9 Å². The van der Waals surface area contributed by atoms with E-state index in [2.05, 4.69) is 29.2 Å². The second-order valence-electron chi connectivity index (χ2n) is 3.95. The summed E-state index contributed by atoms with van der Waals surface area (Å²) in [5, 5.41) is 0.732. The molecule has 90 valence electrons. The van der Waals surface area contributed by atoms with Crippen molar-refractivity contribution in [1.29, 1.82) is 0 Å². The average molecular weight is 275 g/mol. The summed E-state index contributed by atoms with van der Waals surface area (Å²) >= 11 is 7.85. The van der Waals surface area contributed by atoms with Crippen LogP contribution in [-0.4, -0.2) is 9.38 Å². The van der Waals surface area contributed by atoms with Crippen molar-refractivity contribution >= 4 is 29.0 Å². The molecule has 0 radical (unpaired) electrons. The van der Waals surface area contributed by atoms with Gasteiger partial charge < -0.3 is 4.40 Å². The lowest BCUT2D eigenvalue weighted by Gasteiger charge is -2.05. The van der Waals surface area contributed by atoms with Crippen LogP contribution < -0.4 is 0 Å². The number of halogens is 1. The maximum atomic E-state index is 6.10. The predicted octanol–water partition coefficient (Wildman–Crippen LogP) is 4.28. The Labute approximate surface area is 115 Å². The van der Waals surface area contributed by atoms with Crippen molar-refractivity contribution in [1.82, 2.24) is 9.38 Å². The van der Waals surface area contributed by atoms with Crippen molar-refractivity contribution < 1.29 is 0 Å². The molecule has 0 bridgehead atoms. The predicted molar refractivity (Wildman–Crippen MR) is 76.2 cm³/mol. The van der Waals surface area contributed by atoms with E-state index in [0.29, 0.717) is 0 Å². The number of rotatable bonds is 3. The van der Waals surface area contributed by atoms with Crippen molar-refractivity contribution in [2.75, 3.05) is 0 Å². The van der Waals surface area contributed by atoms with Gasteiger partial charge in [0.1, 0.15) is 5.65 Å². The van der Waals surface area contributed by atoms with Crippen LogP contribution >= 0.6 is 23.4 Å². The second-order valence-corrected chi connectivity index (χ2v) is 5.41. The van der Waals surface area contributed by atoms with E-state index in [-0.39, 0.29) is 0 Å².